The van der Waals surface area contributed by atoms with Crippen LogP contribution in [0, 0.1) is 0 Å². The molecule has 0 aliphatic carbocycles. The number of carbonyl (C=O) groups is 2. The van der Waals surface area contributed by atoms with E-state index in [1.807, 2.05) is 28.8 Å². The van der Waals surface area contributed by atoms with Gasteiger partial charge in [0.2, 0.25) is 0 Å². The van der Waals surface area contributed by atoms with Gasteiger partial charge in [0, 0.05) is 0 Å². The van der Waals surface area contributed by atoms with Gasteiger partial charge in [-0.2, -0.15) is 0 Å². The molecule has 1 fully saturated rings. The molecule has 2 aromatic rings. The minimum absolute atomic E-state index is 0.308. The van der Waals surface area contributed by atoms with Crippen LogP contribution in [0.15, 0.2) is 51.8 Å². The van der Waals surface area contributed by atoms with Crippen LogP contribution in [-0.4, -0.2) is 50.6 Å². The van der Waals surface area contributed by atoms with Gasteiger partial charge in [-0.05, 0) is 0 Å². The third-order valence-electron chi connectivity index (χ3n) is 4.56. The van der Waals surface area contributed by atoms with E-state index in [1.54, 1.807) is 6.07 Å². The summed E-state index contributed by atoms with van der Waals surface area (Å²) in [4.78, 5) is 28.9. The van der Waals surface area contributed by atoms with Crippen LogP contribution < -0.4 is 9.67 Å². The van der Waals surface area contributed by atoms with Crippen molar-refractivity contribution in [1.82, 2.24) is 10.2 Å². The molecule has 0 spiro atoms. The zero-order valence-electron chi connectivity index (χ0n) is 14.5. The second kappa shape index (κ2) is 8.36. The van der Waals surface area contributed by atoms with Gasteiger partial charge in [-0.3, -0.25) is 0 Å². The summed E-state index contributed by atoms with van der Waals surface area (Å²) in [5, 5.41) is 2.44. The molecular weight excluding hydrogens is 487 g/mol. The summed E-state index contributed by atoms with van der Waals surface area (Å²) in [6.07, 6.45) is 0. The zero-order valence-corrected chi connectivity index (χ0v) is 19.0. The molecule has 0 aromatic heterocycles. The standard InChI is InChI=1S/C20H18AsBrN2O2S/c22-15-5-6-16-17(9-15)18(20(26)23-19(16)25)10-21-14-3-1-13(2-4-14)11-24-7-8-27-12-24/h1-6,9-10,21H,7-8,11-12H2,(H,23,25,26). The number of hydrogen-bond donors (Lipinski definition) is 1. The van der Waals surface area contributed by atoms with E-state index in [4.69, 9.17) is 0 Å². The van der Waals surface area contributed by atoms with E-state index in [2.05, 4.69) is 50.4 Å². The van der Waals surface area contributed by atoms with Crippen LogP contribution in [0.5, 0.6) is 0 Å². The Kier molecular flexibility index (Phi) is 5.88. The normalized spacial score (nSPS) is 19.1. The Morgan fingerprint density at radius 3 is 2.67 bits per heavy atom. The number of nitrogens with one attached hydrogen (secondary N) is 1. The van der Waals surface area contributed by atoms with Crippen LogP contribution in [0.1, 0.15) is 21.5 Å². The Morgan fingerprint density at radius 2 is 1.93 bits per heavy atom. The number of halogens is 1. The van der Waals surface area contributed by atoms with Gasteiger partial charge in [0.25, 0.3) is 0 Å². The van der Waals surface area contributed by atoms with Crippen molar-refractivity contribution >= 4 is 65.2 Å². The first kappa shape index (κ1) is 19.0. The van der Waals surface area contributed by atoms with E-state index in [9.17, 15) is 9.59 Å². The number of imide groups is 1. The molecule has 2 aliphatic heterocycles. The number of thioether (sulfide) groups is 1. The quantitative estimate of drug-likeness (QED) is 0.394. The fraction of sp³-hybridized carbons (Fsp3) is 0.200. The first-order chi connectivity index (χ1) is 13.1. The molecule has 0 bridgehead atoms. The van der Waals surface area contributed by atoms with Crippen LogP contribution in [0.2, 0.25) is 0 Å². The number of nitrogens with zero attached hydrogens (tertiary/aromatic N) is 1. The van der Waals surface area contributed by atoms with E-state index >= 15 is 0 Å². The number of hydrogen-bond acceptors (Lipinski definition) is 4. The molecule has 2 aromatic carbocycles. The minimum atomic E-state index is -0.624. The average molecular weight is 505 g/mol. The Hall–Kier alpha value is -1.33. The van der Waals surface area contributed by atoms with E-state index < -0.39 is 15.8 Å². The third kappa shape index (κ3) is 4.40. The maximum atomic E-state index is 12.3. The molecule has 0 radical (unpaired) electrons. The number of rotatable bonds is 4. The molecule has 4 rings (SSSR count). The number of amides is 2. The van der Waals surface area contributed by atoms with Crippen LogP contribution in [-0.2, 0) is 11.3 Å². The van der Waals surface area contributed by atoms with Gasteiger partial charge in [0.1, 0.15) is 0 Å². The summed E-state index contributed by atoms with van der Waals surface area (Å²) in [7, 11) is 0. The van der Waals surface area contributed by atoms with Crippen LogP contribution in [0.25, 0.3) is 5.57 Å². The van der Waals surface area contributed by atoms with Crippen molar-refractivity contribution in [2.45, 2.75) is 6.54 Å². The van der Waals surface area contributed by atoms with Crippen LogP contribution in [0.4, 0.5) is 0 Å². The van der Waals surface area contributed by atoms with E-state index in [0.29, 0.717) is 16.7 Å². The van der Waals surface area contributed by atoms with Crippen molar-refractivity contribution in [3.63, 3.8) is 0 Å². The first-order valence-electron chi connectivity index (χ1n) is 8.61. The van der Waals surface area contributed by atoms with Crippen molar-refractivity contribution in [3.8, 4) is 0 Å². The summed E-state index contributed by atoms with van der Waals surface area (Å²) in [5.74, 6) is 1.70. The van der Waals surface area contributed by atoms with Crippen LogP contribution >= 0.6 is 27.7 Å². The van der Waals surface area contributed by atoms with Gasteiger partial charge < -0.3 is 0 Å². The van der Waals surface area contributed by atoms with Crippen LogP contribution in [0.3, 0.4) is 0 Å². The van der Waals surface area contributed by atoms with Gasteiger partial charge in [-0.1, -0.05) is 0 Å². The number of carbonyl (C=O) groups excluding carboxylic acids is 2. The molecule has 2 heterocycles. The topological polar surface area (TPSA) is 49.4 Å². The maximum absolute atomic E-state index is 12.3. The number of benzene rings is 2. The van der Waals surface area contributed by atoms with Crippen molar-refractivity contribution in [1.29, 1.82) is 0 Å². The van der Waals surface area contributed by atoms with Crippen molar-refractivity contribution < 1.29 is 9.59 Å². The SMILES string of the molecule is O=C1NC(=O)c2ccc(Br)cc2C1=C[AsH]c1ccc(CN2CCSC2)cc1. The Balaban J connectivity index is 1.52. The molecule has 4 nitrogen and oxygen atoms in total. The summed E-state index contributed by atoms with van der Waals surface area (Å²) >= 11 is 4.79. The van der Waals surface area contributed by atoms with E-state index in [-0.39, 0.29) is 11.8 Å². The Morgan fingerprint density at radius 1 is 1.11 bits per heavy atom. The van der Waals surface area contributed by atoms with Gasteiger partial charge in [0.05, 0.1) is 0 Å². The molecule has 138 valence electrons. The van der Waals surface area contributed by atoms with Gasteiger partial charge in [-0.15, -0.1) is 0 Å². The molecule has 1 N–H and O–H groups in total. The molecule has 1 unspecified atom stereocenters. The third-order valence-corrected chi connectivity index (χ3v) is 8.38. The molecule has 0 saturated carbocycles. The number of fused-ring (bicyclic) bond motifs is 1. The fourth-order valence-electron chi connectivity index (χ4n) is 3.14. The monoisotopic (exact) mass is 504 g/mol. The molecule has 7 heteroatoms. The second-order valence-electron chi connectivity index (χ2n) is 6.46. The molecule has 27 heavy (non-hydrogen) atoms. The molecule has 1 atom stereocenters. The second-order valence-corrected chi connectivity index (χ2v) is 10.9. The molecular formula is C20H18AsBrN2O2S. The summed E-state index contributed by atoms with van der Waals surface area (Å²) in [6, 6.07) is 14.1. The van der Waals surface area contributed by atoms with E-state index in [0.717, 1.165) is 23.4 Å². The Bertz CT molecular complexity index is 924. The van der Waals surface area contributed by atoms with Crippen molar-refractivity contribution in [3.05, 3.63) is 68.5 Å². The summed E-state index contributed by atoms with van der Waals surface area (Å²) < 4.78 is 2.13. The summed E-state index contributed by atoms with van der Waals surface area (Å²) in [5.41, 5.74) is 3.19. The average Bonchev–Trinajstić information content (AvgIpc) is 3.15. The first-order valence-corrected chi connectivity index (χ1v) is 12.8. The zero-order chi connectivity index (χ0) is 18.8. The summed E-state index contributed by atoms with van der Waals surface area (Å²) in [6.45, 7) is 2.16. The van der Waals surface area contributed by atoms with E-state index in [1.165, 1.54) is 15.7 Å². The van der Waals surface area contributed by atoms with Gasteiger partial charge in [-0.25, -0.2) is 0 Å². The van der Waals surface area contributed by atoms with Gasteiger partial charge in [0.15, 0.2) is 0 Å². The predicted octanol–water partition coefficient (Wildman–Crippen LogP) is 2.33. The Labute approximate surface area is 177 Å². The van der Waals surface area contributed by atoms with Gasteiger partial charge >= 0.3 is 178 Å². The predicted molar refractivity (Wildman–Crippen MR) is 116 cm³/mol. The molecule has 2 amide bonds. The van der Waals surface area contributed by atoms with Crippen molar-refractivity contribution in [2.24, 2.45) is 0 Å². The molecule has 2 aliphatic rings. The van der Waals surface area contributed by atoms with Crippen molar-refractivity contribution in [2.75, 3.05) is 18.2 Å². The molecule has 1 saturated heterocycles. The fourth-order valence-corrected chi connectivity index (χ4v) is 6.50.